The van der Waals surface area contributed by atoms with Crippen molar-refractivity contribution in [3.05, 3.63) is 12.1 Å². The minimum atomic E-state index is 0.289. The summed E-state index contributed by atoms with van der Waals surface area (Å²) in [6.45, 7) is 1.59. The van der Waals surface area contributed by atoms with Gasteiger partial charge in [0.25, 0.3) is 0 Å². The van der Waals surface area contributed by atoms with Crippen molar-refractivity contribution in [1.29, 1.82) is 0 Å². The first-order chi connectivity index (χ1) is 7.81. The van der Waals surface area contributed by atoms with Crippen LogP contribution in [0.5, 0.6) is 0 Å². The number of rotatable bonds is 4. The minimum Gasteiger partial charge on any atom is -0.368 e. The molecule has 2 aromatic rings. The van der Waals surface area contributed by atoms with E-state index in [4.69, 9.17) is 5.73 Å². The zero-order valence-electron chi connectivity index (χ0n) is 8.80. The van der Waals surface area contributed by atoms with E-state index >= 15 is 0 Å². The van der Waals surface area contributed by atoms with Crippen LogP contribution in [0.1, 0.15) is 12.8 Å². The van der Waals surface area contributed by atoms with Crippen molar-refractivity contribution in [2.24, 2.45) is 11.1 Å². The van der Waals surface area contributed by atoms with Gasteiger partial charge in [-0.25, -0.2) is 0 Å². The summed E-state index contributed by atoms with van der Waals surface area (Å²) in [7, 11) is 0. The minimum absolute atomic E-state index is 0.289. The fourth-order valence-electron chi connectivity index (χ4n) is 1.65. The summed E-state index contributed by atoms with van der Waals surface area (Å²) in [5.41, 5.74) is 6.64. The molecule has 0 saturated heterocycles. The summed E-state index contributed by atoms with van der Waals surface area (Å²) in [4.78, 5) is 0. The maximum Gasteiger partial charge on any atom is 0.200 e. The van der Waals surface area contributed by atoms with Crippen LogP contribution in [0.15, 0.2) is 12.1 Å². The molecule has 0 aromatic carbocycles. The Kier molecular flexibility index (Phi) is 2.00. The fraction of sp³-hybridized carbons (Fsp3) is 0.556. The molecule has 7 heteroatoms. The predicted molar refractivity (Wildman–Crippen MR) is 57.8 cm³/mol. The summed E-state index contributed by atoms with van der Waals surface area (Å²) in [6.07, 6.45) is 2.40. The number of tetrazole rings is 1. The maximum absolute atomic E-state index is 5.71. The smallest absolute Gasteiger partial charge is 0.200 e. The van der Waals surface area contributed by atoms with Crippen molar-refractivity contribution in [1.82, 2.24) is 25.3 Å². The quantitative estimate of drug-likeness (QED) is 0.731. The fourth-order valence-corrected chi connectivity index (χ4v) is 1.65. The van der Waals surface area contributed by atoms with Gasteiger partial charge in [-0.05, 0) is 47.4 Å². The maximum atomic E-state index is 5.71. The topological polar surface area (TPSA) is 94.0 Å². The molecule has 1 aliphatic carbocycles. The lowest BCUT2D eigenvalue weighted by Crippen LogP contribution is -2.24. The van der Waals surface area contributed by atoms with E-state index in [-0.39, 0.29) is 5.41 Å². The number of hydrogen-bond acceptors (Lipinski definition) is 6. The van der Waals surface area contributed by atoms with Crippen molar-refractivity contribution in [2.45, 2.75) is 12.8 Å². The Balaban J connectivity index is 1.74. The zero-order chi connectivity index (χ0) is 11.0. The van der Waals surface area contributed by atoms with E-state index < -0.39 is 0 Å². The van der Waals surface area contributed by atoms with E-state index in [9.17, 15) is 0 Å². The number of fused-ring (bicyclic) bond motifs is 1. The molecule has 0 spiro atoms. The number of nitrogens with two attached hydrogens (primary N) is 1. The summed E-state index contributed by atoms with van der Waals surface area (Å²) in [5, 5.41) is 18.6. The van der Waals surface area contributed by atoms with Gasteiger partial charge in [0.05, 0.1) is 0 Å². The predicted octanol–water partition coefficient (Wildman–Crippen LogP) is -0.330. The third kappa shape index (κ3) is 1.58. The molecule has 0 atom stereocenters. The van der Waals surface area contributed by atoms with E-state index in [0.717, 1.165) is 18.9 Å². The lowest BCUT2D eigenvalue weighted by Gasteiger charge is -2.13. The van der Waals surface area contributed by atoms with Crippen molar-refractivity contribution in [3.63, 3.8) is 0 Å². The molecule has 0 unspecified atom stereocenters. The molecule has 16 heavy (non-hydrogen) atoms. The van der Waals surface area contributed by atoms with Crippen LogP contribution in [-0.4, -0.2) is 38.3 Å². The first-order valence-electron chi connectivity index (χ1n) is 5.31. The van der Waals surface area contributed by atoms with Crippen molar-refractivity contribution < 1.29 is 0 Å². The van der Waals surface area contributed by atoms with E-state index in [0.29, 0.717) is 5.65 Å². The highest BCUT2D eigenvalue weighted by Gasteiger charge is 2.40. The molecule has 0 radical (unpaired) electrons. The monoisotopic (exact) mass is 219 g/mol. The first kappa shape index (κ1) is 9.46. The largest absolute Gasteiger partial charge is 0.368 e. The molecule has 0 aliphatic heterocycles. The lowest BCUT2D eigenvalue weighted by molar-refractivity contribution is 0.553. The second kappa shape index (κ2) is 3.38. The first-order valence-corrected chi connectivity index (χ1v) is 5.31. The molecule has 3 rings (SSSR count). The van der Waals surface area contributed by atoms with Gasteiger partial charge in [0, 0.05) is 6.54 Å². The molecule has 1 saturated carbocycles. The molecular weight excluding hydrogens is 206 g/mol. The average molecular weight is 219 g/mol. The van der Waals surface area contributed by atoms with Gasteiger partial charge in [0.1, 0.15) is 5.82 Å². The molecule has 1 aliphatic rings. The third-order valence-electron chi connectivity index (χ3n) is 3.10. The number of anilines is 1. The number of nitrogens with one attached hydrogen (secondary N) is 1. The number of hydrogen-bond donors (Lipinski definition) is 2. The van der Waals surface area contributed by atoms with Gasteiger partial charge in [0.2, 0.25) is 0 Å². The van der Waals surface area contributed by atoms with Gasteiger partial charge in [-0.3, -0.25) is 0 Å². The summed E-state index contributed by atoms with van der Waals surface area (Å²) < 4.78 is 1.41. The highest BCUT2D eigenvalue weighted by atomic mass is 15.6. The van der Waals surface area contributed by atoms with Gasteiger partial charge in [-0.1, -0.05) is 0 Å². The van der Waals surface area contributed by atoms with Gasteiger partial charge in [-0.2, -0.15) is 0 Å². The lowest BCUT2D eigenvalue weighted by atomic mass is 10.1. The summed E-state index contributed by atoms with van der Waals surface area (Å²) >= 11 is 0. The van der Waals surface area contributed by atoms with Gasteiger partial charge < -0.3 is 11.1 Å². The Labute approximate surface area is 92.0 Å². The second-order valence-corrected chi connectivity index (χ2v) is 4.30. The molecule has 3 N–H and O–H groups in total. The van der Waals surface area contributed by atoms with E-state index in [2.05, 4.69) is 25.9 Å². The Morgan fingerprint density at radius 1 is 1.44 bits per heavy atom. The molecule has 2 heterocycles. The van der Waals surface area contributed by atoms with Crippen LogP contribution in [0.3, 0.4) is 0 Å². The van der Waals surface area contributed by atoms with Crippen molar-refractivity contribution >= 4 is 11.5 Å². The van der Waals surface area contributed by atoms with Crippen molar-refractivity contribution in [3.8, 4) is 0 Å². The van der Waals surface area contributed by atoms with E-state index in [1.54, 1.807) is 0 Å². The SMILES string of the molecule is NCC1(CNc2ccc3nnnn3n2)CC1. The normalized spacial score (nSPS) is 17.6. The van der Waals surface area contributed by atoms with Crippen LogP contribution >= 0.6 is 0 Å². The van der Waals surface area contributed by atoms with Crippen LogP contribution in [0.4, 0.5) is 5.82 Å². The number of aromatic nitrogens is 5. The molecule has 0 bridgehead atoms. The van der Waals surface area contributed by atoms with Crippen LogP contribution in [0, 0.1) is 5.41 Å². The van der Waals surface area contributed by atoms with Gasteiger partial charge >= 0.3 is 0 Å². The van der Waals surface area contributed by atoms with Gasteiger partial charge in [0.15, 0.2) is 5.65 Å². The standard InChI is InChI=1S/C9H13N7/c10-5-9(3-4-9)6-11-7-1-2-8-12-14-15-16(8)13-7/h1-2H,3-6,10H2,(H,11,13). The van der Waals surface area contributed by atoms with Crippen molar-refractivity contribution in [2.75, 3.05) is 18.4 Å². The summed E-state index contributed by atoms with van der Waals surface area (Å²) in [6, 6.07) is 3.70. The Hall–Kier alpha value is -1.76. The van der Waals surface area contributed by atoms with Crippen LogP contribution in [0.2, 0.25) is 0 Å². The van der Waals surface area contributed by atoms with Gasteiger partial charge in [-0.15, -0.1) is 14.8 Å². The molecule has 0 amide bonds. The van der Waals surface area contributed by atoms with E-state index in [1.165, 1.54) is 17.5 Å². The zero-order valence-corrected chi connectivity index (χ0v) is 8.80. The molecule has 1 fully saturated rings. The Morgan fingerprint density at radius 3 is 3.06 bits per heavy atom. The second-order valence-electron chi connectivity index (χ2n) is 4.30. The van der Waals surface area contributed by atoms with Crippen LogP contribution < -0.4 is 11.1 Å². The Bertz CT molecular complexity index is 501. The number of nitrogens with zero attached hydrogens (tertiary/aromatic N) is 5. The Morgan fingerprint density at radius 2 is 2.31 bits per heavy atom. The highest BCUT2D eigenvalue weighted by molar-refractivity contribution is 5.42. The molecule has 7 nitrogen and oxygen atoms in total. The average Bonchev–Trinajstić information content (AvgIpc) is 2.96. The highest BCUT2D eigenvalue weighted by Crippen LogP contribution is 2.44. The molecular formula is C9H13N7. The van der Waals surface area contributed by atoms with E-state index in [1.807, 2.05) is 12.1 Å². The summed E-state index contributed by atoms with van der Waals surface area (Å²) in [5.74, 6) is 0.777. The molecule has 2 aromatic heterocycles. The van der Waals surface area contributed by atoms with Crippen LogP contribution in [0.25, 0.3) is 5.65 Å². The third-order valence-corrected chi connectivity index (χ3v) is 3.10. The molecule has 84 valence electrons. The van der Waals surface area contributed by atoms with Crippen LogP contribution in [-0.2, 0) is 0 Å².